The highest BCUT2D eigenvalue weighted by molar-refractivity contribution is 7.79. The topological polar surface area (TPSA) is 3.24 Å². The van der Waals surface area contributed by atoms with E-state index in [2.05, 4.69) is 42.8 Å². The number of benzene rings is 1. The molecule has 0 fully saturated rings. The molecule has 0 saturated heterocycles. The first kappa shape index (κ1) is 8.95. The van der Waals surface area contributed by atoms with Crippen LogP contribution < -0.4 is 4.90 Å². The van der Waals surface area contributed by atoms with Gasteiger partial charge in [-0.1, -0.05) is 12.1 Å². The third-order valence-corrected chi connectivity index (χ3v) is 3.04. The van der Waals surface area contributed by atoms with Crippen molar-refractivity contribution in [2.45, 2.75) is 18.6 Å². The van der Waals surface area contributed by atoms with Gasteiger partial charge in [-0.2, -0.15) is 12.6 Å². The number of rotatable bonds is 1. The SMILES string of the molecule is CN1CCCc2cc(CS)ccc21. The molecule has 0 saturated carbocycles. The second-order valence-electron chi connectivity index (χ2n) is 3.65. The number of fused-ring (bicyclic) bond motifs is 1. The molecule has 2 heteroatoms. The Morgan fingerprint density at radius 1 is 1.46 bits per heavy atom. The molecule has 13 heavy (non-hydrogen) atoms. The third-order valence-electron chi connectivity index (χ3n) is 2.68. The van der Waals surface area contributed by atoms with Crippen molar-refractivity contribution in [3.05, 3.63) is 29.3 Å². The maximum absolute atomic E-state index is 4.29. The summed E-state index contributed by atoms with van der Waals surface area (Å²) in [6.45, 7) is 1.19. The van der Waals surface area contributed by atoms with Crippen LogP contribution in [0.15, 0.2) is 18.2 Å². The van der Waals surface area contributed by atoms with Gasteiger partial charge in [0.25, 0.3) is 0 Å². The zero-order chi connectivity index (χ0) is 9.26. The van der Waals surface area contributed by atoms with E-state index in [0.29, 0.717) is 0 Å². The van der Waals surface area contributed by atoms with E-state index in [4.69, 9.17) is 0 Å². The zero-order valence-corrected chi connectivity index (χ0v) is 8.85. The molecule has 0 amide bonds. The minimum atomic E-state index is 0.844. The first-order chi connectivity index (χ1) is 6.31. The third kappa shape index (κ3) is 1.68. The van der Waals surface area contributed by atoms with Gasteiger partial charge in [0.15, 0.2) is 0 Å². The van der Waals surface area contributed by atoms with Crippen molar-refractivity contribution in [1.82, 2.24) is 0 Å². The van der Waals surface area contributed by atoms with Crippen LogP contribution >= 0.6 is 12.6 Å². The van der Waals surface area contributed by atoms with Crippen LogP contribution in [0.25, 0.3) is 0 Å². The lowest BCUT2D eigenvalue weighted by atomic mass is 10.0. The summed E-state index contributed by atoms with van der Waals surface area (Å²) in [4.78, 5) is 2.33. The summed E-state index contributed by atoms with van der Waals surface area (Å²) in [5.41, 5.74) is 4.22. The molecule has 1 aromatic rings. The summed E-state index contributed by atoms with van der Waals surface area (Å²) in [7, 11) is 2.17. The Kier molecular flexibility index (Phi) is 2.49. The Morgan fingerprint density at radius 2 is 2.31 bits per heavy atom. The normalized spacial score (nSPS) is 15.7. The highest BCUT2D eigenvalue weighted by Crippen LogP contribution is 2.26. The molecule has 1 aliphatic rings. The molecule has 0 spiro atoms. The van der Waals surface area contributed by atoms with Crippen molar-refractivity contribution in [1.29, 1.82) is 0 Å². The molecule has 70 valence electrons. The number of aryl methyl sites for hydroxylation is 1. The molecular formula is C11H15NS. The van der Waals surface area contributed by atoms with Crippen LogP contribution in [-0.4, -0.2) is 13.6 Å². The van der Waals surface area contributed by atoms with Gasteiger partial charge in [0.1, 0.15) is 0 Å². The van der Waals surface area contributed by atoms with Gasteiger partial charge >= 0.3 is 0 Å². The van der Waals surface area contributed by atoms with Gasteiger partial charge in [-0.05, 0) is 30.0 Å². The lowest BCUT2D eigenvalue weighted by Gasteiger charge is -2.27. The van der Waals surface area contributed by atoms with Crippen molar-refractivity contribution < 1.29 is 0 Å². The number of nitrogens with zero attached hydrogens (tertiary/aromatic N) is 1. The second-order valence-corrected chi connectivity index (χ2v) is 3.96. The Morgan fingerprint density at radius 3 is 3.08 bits per heavy atom. The molecular weight excluding hydrogens is 178 g/mol. The van der Waals surface area contributed by atoms with Crippen LogP contribution in [0, 0.1) is 0 Å². The lowest BCUT2D eigenvalue weighted by molar-refractivity contribution is 0.743. The molecule has 2 rings (SSSR count). The van der Waals surface area contributed by atoms with Gasteiger partial charge in [-0.25, -0.2) is 0 Å². The van der Waals surface area contributed by atoms with Gasteiger partial charge < -0.3 is 4.90 Å². The Balaban J connectivity index is 2.39. The van der Waals surface area contributed by atoms with Crippen LogP contribution in [0.1, 0.15) is 17.5 Å². The summed E-state index contributed by atoms with van der Waals surface area (Å²) < 4.78 is 0. The molecule has 0 bridgehead atoms. The van der Waals surface area contributed by atoms with E-state index in [-0.39, 0.29) is 0 Å². The maximum Gasteiger partial charge on any atom is 0.0396 e. The number of hydrogen-bond acceptors (Lipinski definition) is 2. The van der Waals surface area contributed by atoms with Crippen molar-refractivity contribution in [2.24, 2.45) is 0 Å². The average molecular weight is 193 g/mol. The molecule has 1 aromatic carbocycles. The predicted molar refractivity (Wildman–Crippen MR) is 60.7 cm³/mol. The van der Waals surface area contributed by atoms with E-state index in [1.54, 1.807) is 0 Å². The first-order valence-corrected chi connectivity index (χ1v) is 5.38. The highest BCUT2D eigenvalue weighted by atomic mass is 32.1. The molecule has 0 radical (unpaired) electrons. The van der Waals surface area contributed by atoms with Crippen molar-refractivity contribution in [3.8, 4) is 0 Å². The van der Waals surface area contributed by atoms with Gasteiger partial charge in [0.05, 0.1) is 0 Å². The summed E-state index contributed by atoms with van der Waals surface area (Å²) >= 11 is 4.29. The van der Waals surface area contributed by atoms with E-state index < -0.39 is 0 Å². The van der Waals surface area contributed by atoms with Gasteiger partial charge in [-0.15, -0.1) is 0 Å². The molecule has 0 unspecified atom stereocenters. The highest BCUT2D eigenvalue weighted by Gasteiger charge is 2.12. The number of thiol groups is 1. The molecule has 1 heterocycles. The van der Waals surface area contributed by atoms with Crippen LogP contribution in [0.2, 0.25) is 0 Å². The Hall–Kier alpha value is -0.630. The van der Waals surface area contributed by atoms with Gasteiger partial charge in [-0.3, -0.25) is 0 Å². The van der Waals surface area contributed by atoms with Crippen molar-refractivity contribution in [2.75, 3.05) is 18.5 Å². The monoisotopic (exact) mass is 193 g/mol. The summed E-state index contributed by atoms with van der Waals surface area (Å²) in [5, 5.41) is 0. The maximum atomic E-state index is 4.29. The average Bonchev–Trinajstić information content (AvgIpc) is 2.18. The fourth-order valence-electron chi connectivity index (χ4n) is 1.94. The molecule has 0 aliphatic carbocycles. The minimum Gasteiger partial charge on any atom is -0.374 e. The van der Waals surface area contributed by atoms with E-state index in [1.807, 2.05) is 0 Å². The Bertz CT molecular complexity index is 309. The van der Waals surface area contributed by atoms with E-state index in [0.717, 1.165) is 5.75 Å². The van der Waals surface area contributed by atoms with Crippen LogP contribution in [0.5, 0.6) is 0 Å². The number of hydrogen-bond donors (Lipinski definition) is 1. The second kappa shape index (κ2) is 3.62. The lowest BCUT2D eigenvalue weighted by Crippen LogP contribution is -2.24. The van der Waals surface area contributed by atoms with Crippen molar-refractivity contribution in [3.63, 3.8) is 0 Å². The van der Waals surface area contributed by atoms with Crippen LogP contribution in [0.4, 0.5) is 5.69 Å². The zero-order valence-electron chi connectivity index (χ0n) is 7.95. The predicted octanol–water partition coefficient (Wildman–Crippen LogP) is 2.50. The van der Waals surface area contributed by atoms with E-state index in [9.17, 15) is 0 Å². The van der Waals surface area contributed by atoms with Crippen molar-refractivity contribution >= 4 is 18.3 Å². The molecule has 0 atom stereocenters. The molecule has 0 aromatic heterocycles. The smallest absolute Gasteiger partial charge is 0.0396 e. The molecule has 1 nitrogen and oxygen atoms in total. The Labute approximate surface area is 85.2 Å². The largest absolute Gasteiger partial charge is 0.374 e. The fraction of sp³-hybridized carbons (Fsp3) is 0.455. The van der Waals surface area contributed by atoms with Crippen LogP contribution in [-0.2, 0) is 12.2 Å². The quantitative estimate of drug-likeness (QED) is 0.671. The van der Waals surface area contributed by atoms with Gasteiger partial charge in [0, 0.05) is 25.0 Å². The number of anilines is 1. The minimum absolute atomic E-state index is 0.844. The van der Waals surface area contributed by atoms with E-state index >= 15 is 0 Å². The van der Waals surface area contributed by atoms with Crippen LogP contribution in [0.3, 0.4) is 0 Å². The standard InChI is InChI=1S/C11H15NS/c1-12-6-2-3-10-7-9(8-13)4-5-11(10)12/h4-5,7,13H,2-3,6,8H2,1H3. The molecule has 1 aliphatic heterocycles. The first-order valence-electron chi connectivity index (χ1n) is 4.75. The van der Waals surface area contributed by atoms with Gasteiger partial charge in [0.2, 0.25) is 0 Å². The fourth-order valence-corrected chi connectivity index (χ4v) is 2.13. The molecule has 0 N–H and O–H groups in total. The summed E-state index contributed by atoms with van der Waals surface area (Å²) in [6, 6.07) is 6.69. The summed E-state index contributed by atoms with van der Waals surface area (Å²) in [5.74, 6) is 0.844. The van der Waals surface area contributed by atoms with E-state index in [1.165, 1.54) is 36.2 Å². The summed E-state index contributed by atoms with van der Waals surface area (Å²) in [6.07, 6.45) is 2.50.